The minimum absolute atomic E-state index is 0.688. The number of nitrogens with one attached hydrogen (secondary N) is 1. The van der Waals surface area contributed by atoms with E-state index in [1.165, 1.54) is 24.9 Å². The molecule has 0 saturated carbocycles. The maximum Gasteiger partial charge on any atom is 0.123 e. The van der Waals surface area contributed by atoms with Crippen LogP contribution in [0.3, 0.4) is 0 Å². The highest BCUT2D eigenvalue weighted by Crippen LogP contribution is 2.19. The maximum atomic E-state index is 5.42. The van der Waals surface area contributed by atoms with Crippen molar-refractivity contribution < 1.29 is 4.74 Å². The molecular weight excluding hydrogens is 224 g/mol. The molecule has 1 saturated heterocycles. The zero-order chi connectivity index (χ0) is 12.8. The van der Waals surface area contributed by atoms with Crippen molar-refractivity contribution >= 4 is 0 Å². The van der Waals surface area contributed by atoms with Crippen molar-refractivity contribution in [2.75, 3.05) is 26.7 Å². The van der Waals surface area contributed by atoms with Crippen molar-refractivity contribution in [2.24, 2.45) is 0 Å². The summed E-state index contributed by atoms with van der Waals surface area (Å²) >= 11 is 0. The Labute approximate surface area is 110 Å². The van der Waals surface area contributed by atoms with Crippen LogP contribution in [0.4, 0.5) is 0 Å². The summed E-state index contributed by atoms with van der Waals surface area (Å²) in [5.41, 5.74) is 1.29. The SMILES string of the molecule is CCC1CCN(Cc2ccccc2OC)CCN1. The lowest BCUT2D eigenvalue weighted by Crippen LogP contribution is -2.29. The summed E-state index contributed by atoms with van der Waals surface area (Å²) < 4.78 is 5.42. The zero-order valence-corrected chi connectivity index (χ0v) is 11.5. The predicted molar refractivity (Wildman–Crippen MR) is 75.0 cm³/mol. The Balaban J connectivity index is 1.96. The second-order valence-electron chi connectivity index (χ2n) is 4.94. The molecule has 0 aliphatic carbocycles. The van der Waals surface area contributed by atoms with Crippen molar-refractivity contribution in [3.8, 4) is 5.75 Å². The molecule has 1 aliphatic rings. The Bertz CT molecular complexity index is 367. The lowest BCUT2D eigenvalue weighted by Gasteiger charge is -2.20. The van der Waals surface area contributed by atoms with Gasteiger partial charge < -0.3 is 10.1 Å². The van der Waals surface area contributed by atoms with Crippen LogP contribution in [0.5, 0.6) is 5.75 Å². The van der Waals surface area contributed by atoms with Crippen molar-refractivity contribution in [3.05, 3.63) is 29.8 Å². The number of rotatable bonds is 4. The fraction of sp³-hybridized carbons (Fsp3) is 0.600. The van der Waals surface area contributed by atoms with Gasteiger partial charge in [-0.25, -0.2) is 0 Å². The van der Waals surface area contributed by atoms with Crippen molar-refractivity contribution in [3.63, 3.8) is 0 Å². The van der Waals surface area contributed by atoms with Gasteiger partial charge in [-0.3, -0.25) is 4.90 Å². The molecule has 1 fully saturated rings. The summed E-state index contributed by atoms with van der Waals surface area (Å²) in [6, 6.07) is 9.00. The molecule has 0 spiro atoms. The monoisotopic (exact) mass is 248 g/mol. The summed E-state index contributed by atoms with van der Waals surface area (Å²) in [6.07, 6.45) is 2.47. The first kappa shape index (κ1) is 13.4. The molecule has 1 unspecified atom stereocenters. The van der Waals surface area contributed by atoms with Gasteiger partial charge in [-0.15, -0.1) is 0 Å². The lowest BCUT2D eigenvalue weighted by molar-refractivity contribution is 0.276. The third kappa shape index (κ3) is 3.47. The van der Waals surface area contributed by atoms with Gasteiger partial charge in [0.25, 0.3) is 0 Å². The van der Waals surface area contributed by atoms with E-state index in [0.717, 1.165) is 25.4 Å². The van der Waals surface area contributed by atoms with Gasteiger partial charge in [-0.1, -0.05) is 25.1 Å². The lowest BCUT2D eigenvalue weighted by atomic mass is 10.1. The van der Waals surface area contributed by atoms with E-state index in [0.29, 0.717) is 6.04 Å². The van der Waals surface area contributed by atoms with E-state index >= 15 is 0 Å². The molecule has 0 aromatic heterocycles. The molecule has 3 heteroatoms. The van der Waals surface area contributed by atoms with E-state index in [1.54, 1.807) is 7.11 Å². The molecule has 0 radical (unpaired) electrons. The number of hydrogen-bond acceptors (Lipinski definition) is 3. The Kier molecular flexibility index (Phi) is 5.02. The maximum absolute atomic E-state index is 5.42. The Morgan fingerprint density at radius 2 is 2.17 bits per heavy atom. The summed E-state index contributed by atoms with van der Waals surface area (Å²) in [5, 5.41) is 3.60. The molecule has 0 bridgehead atoms. The minimum atomic E-state index is 0.688. The van der Waals surface area contributed by atoms with Crippen LogP contribution in [-0.4, -0.2) is 37.7 Å². The van der Waals surface area contributed by atoms with Crippen LogP contribution in [-0.2, 0) is 6.54 Å². The van der Waals surface area contributed by atoms with Crippen LogP contribution < -0.4 is 10.1 Å². The zero-order valence-electron chi connectivity index (χ0n) is 11.5. The molecule has 1 aromatic carbocycles. The van der Waals surface area contributed by atoms with E-state index in [-0.39, 0.29) is 0 Å². The van der Waals surface area contributed by atoms with Gasteiger partial charge in [0, 0.05) is 37.8 Å². The second-order valence-corrected chi connectivity index (χ2v) is 4.94. The summed E-state index contributed by atoms with van der Waals surface area (Å²) in [4.78, 5) is 2.51. The van der Waals surface area contributed by atoms with Gasteiger partial charge in [-0.2, -0.15) is 0 Å². The number of nitrogens with zero attached hydrogens (tertiary/aromatic N) is 1. The average molecular weight is 248 g/mol. The topological polar surface area (TPSA) is 24.5 Å². The van der Waals surface area contributed by atoms with Crippen LogP contribution in [0.2, 0.25) is 0 Å². The molecule has 18 heavy (non-hydrogen) atoms. The molecule has 3 nitrogen and oxygen atoms in total. The van der Waals surface area contributed by atoms with E-state index in [4.69, 9.17) is 4.74 Å². The van der Waals surface area contributed by atoms with E-state index in [1.807, 2.05) is 12.1 Å². The summed E-state index contributed by atoms with van der Waals surface area (Å²) in [5.74, 6) is 1.00. The van der Waals surface area contributed by atoms with Gasteiger partial charge in [0.05, 0.1) is 7.11 Å². The molecule has 1 heterocycles. The predicted octanol–water partition coefficient (Wildman–Crippen LogP) is 2.27. The molecular formula is C15H24N2O. The van der Waals surface area contributed by atoms with E-state index in [2.05, 4.69) is 29.3 Å². The molecule has 0 amide bonds. The molecule has 1 aromatic rings. The van der Waals surface area contributed by atoms with Crippen LogP contribution in [0.1, 0.15) is 25.3 Å². The first-order valence-electron chi connectivity index (χ1n) is 6.91. The quantitative estimate of drug-likeness (QED) is 0.884. The van der Waals surface area contributed by atoms with Crippen molar-refractivity contribution in [1.29, 1.82) is 0 Å². The highest BCUT2D eigenvalue weighted by Gasteiger charge is 2.16. The number of para-hydroxylation sites is 1. The van der Waals surface area contributed by atoms with Crippen molar-refractivity contribution in [2.45, 2.75) is 32.4 Å². The molecule has 100 valence electrons. The van der Waals surface area contributed by atoms with Crippen LogP contribution in [0.25, 0.3) is 0 Å². The third-order valence-corrected chi connectivity index (χ3v) is 3.73. The standard InChI is InChI=1S/C15H24N2O/c1-3-14-8-10-17(11-9-16-14)12-13-6-4-5-7-15(13)18-2/h4-7,14,16H,3,8-12H2,1-2H3. The number of hydrogen-bond donors (Lipinski definition) is 1. The number of methoxy groups -OCH3 is 1. The molecule has 2 rings (SSSR count). The Morgan fingerprint density at radius 3 is 2.94 bits per heavy atom. The van der Waals surface area contributed by atoms with Gasteiger partial charge >= 0.3 is 0 Å². The van der Waals surface area contributed by atoms with Crippen LogP contribution in [0.15, 0.2) is 24.3 Å². The van der Waals surface area contributed by atoms with Gasteiger partial charge in [-0.05, 0) is 18.9 Å². The first-order chi connectivity index (χ1) is 8.83. The fourth-order valence-corrected chi connectivity index (χ4v) is 2.56. The normalized spacial score (nSPS) is 21.6. The van der Waals surface area contributed by atoms with Crippen LogP contribution >= 0.6 is 0 Å². The Morgan fingerprint density at radius 1 is 1.33 bits per heavy atom. The van der Waals surface area contributed by atoms with Gasteiger partial charge in [0.1, 0.15) is 5.75 Å². The highest BCUT2D eigenvalue weighted by atomic mass is 16.5. The van der Waals surface area contributed by atoms with Crippen LogP contribution in [0, 0.1) is 0 Å². The van der Waals surface area contributed by atoms with Gasteiger partial charge in [0.15, 0.2) is 0 Å². The largest absolute Gasteiger partial charge is 0.496 e. The second kappa shape index (κ2) is 6.76. The van der Waals surface area contributed by atoms with E-state index < -0.39 is 0 Å². The smallest absolute Gasteiger partial charge is 0.123 e. The van der Waals surface area contributed by atoms with Gasteiger partial charge in [0.2, 0.25) is 0 Å². The molecule has 1 aliphatic heterocycles. The summed E-state index contributed by atoms with van der Waals surface area (Å²) in [7, 11) is 1.75. The molecule has 1 N–H and O–H groups in total. The number of benzene rings is 1. The number of ether oxygens (including phenoxy) is 1. The molecule has 1 atom stereocenters. The van der Waals surface area contributed by atoms with Crippen molar-refractivity contribution in [1.82, 2.24) is 10.2 Å². The summed E-state index contributed by atoms with van der Waals surface area (Å²) in [6.45, 7) is 6.63. The first-order valence-corrected chi connectivity index (χ1v) is 6.91. The fourth-order valence-electron chi connectivity index (χ4n) is 2.56. The third-order valence-electron chi connectivity index (χ3n) is 3.73. The highest BCUT2D eigenvalue weighted by molar-refractivity contribution is 5.33. The average Bonchev–Trinajstić information content (AvgIpc) is 2.64. The van der Waals surface area contributed by atoms with E-state index in [9.17, 15) is 0 Å². The Hall–Kier alpha value is -1.06. The minimum Gasteiger partial charge on any atom is -0.496 e.